The van der Waals surface area contributed by atoms with Crippen LogP contribution >= 0.6 is 0 Å². The number of hydrogen-bond donors (Lipinski definition) is 2. The highest BCUT2D eigenvalue weighted by molar-refractivity contribution is 5.87. The molecular weight excluding hydrogens is 328 g/mol. The minimum Gasteiger partial charge on any atom is -0.439 e. The summed E-state index contributed by atoms with van der Waals surface area (Å²) in [5.74, 6) is -0.329. The van der Waals surface area contributed by atoms with Gasteiger partial charge in [-0.3, -0.25) is 4.79 Å². The monoisotopic (exact) mass is 340 g/mol. The Morgan fingerprint density at radius 3 is 2.46 bits per heavy atom. The van der Waals surface area contributed by atoms with Gasteiger partial charge in [0.05, 0.1) is 28.6 Å². The smallest absolute Gasteiger partial charge is 0.256 e. The number of benzene rings is 2. The second-order valence-corrected chi connectivity index (χ2v) is 5.90. The molecule has 4 rings (SSSR count). The van der Waals surface area contributed by atoms with E-state index in [1.165, 1.54) is 0 Å². The number of H-pyrrole nitrogens is 1. The summed E-state index contributed by atoms with van der Waals surface area (Å²) >= 11 is 0. The first kappa shape index (κ1) is 15.5. The van der Waals surface area contributed by atoms with Crippen molar-refractivity contribution in [2.45, 2.75) is 5.92 Å². The molecule has 2 aromatic carbocycles. The fourth-order valence-electron chi connectivity index (χ4n) is 3.25. The van der Waals surface area contributed by atoms with E-state index < -0.39 is 5.92 Å². The van der Waals surface area contributed by atoms with E-state index in [1.807, 2.05) is 18.2 Å². The fourth-order valence-corrected chi connectivity index (χ4v) is 3.25. The zero-order chi connectivity index (χ0) is 18.3. The molecule has 3 N–H and O–H groups in total. The number of aromatic nitrogens is 1. The van der Waals surface area contributed by atoms with Crippen molar-refractivity contribution in [1.82, 2.24) is 4.98 Å². The maximum atomic E-state index is 12.8. The van der Waals surface area contributed by atoms with Gasteiger partial charge in [-0.25, -0.2) is 0 Å². The quantitative estimate of drug-likeness (QED) is 0.706. The van der Waals surface area contributed by atoms with Crippen molar-refractivity contribution in [2.24, 2.45) is 5.73 Å². The summed E-state index contributed by atoms with van der Waals surface area (Å²) in [6, 6.07) is 18.1. The Labute approximate surface area is 148 Å². The van der Waals surface area contributed by atoms with E-state index in [2.05, 4.69) is 17.1 Å². The van der Waals surface area contributed by atoms with Gasteiger partial charge in [0.25, 0.3) is 5.56 Å². The number of fused-ring (bicyclic) bond motifs is 3. The molecule has 0 saturated carbocycles. The predicted octanol–water partition coefficient (Wildman–Crippen LogP) is 2.62. The van der Waals surface area contributed by atoms with Crippen molar-refractivity contribution in [3.8, 4) is 17.9 Å². The summed E-state index contributed by atoms with van der Waals surface area (Å²) in [6.07, 6.45) is 0. The number of ether oxygens (including phenoxy) is 1. The van der Waals surface area contributed by atoms with E-state index in [1.54, 1.807) is 30.3 Å². The number of rotatable bonds is 1. The van der Waals surface area contributed by atoms with Crippen LogP contribution < -0.4 is 16.0 Å². The highest BCUT2D eigenvalue weighted by atomic mass is 16.5. The molecule has 0 aliphatic carbocycles. The molecule has 1 aromatic heterocycles. The molecule has 1 aliphatic rings. The molecule has 0 amide bonds. The van der Waals surface area contributed by atoms with Gasteiger partial charge >= 0.3 is 0 Å². The molecule has 1 atom stereocenters. The van der Waals surface area contributed by atoms with E-state index in [-0.39, 0.29) is 17.0 Å². The van der Waals surface area contributed by atoms with Crippen molar-refractivity contribution in [2.75, 3.05) is 0 Å². The maximum Gasteiger partial charge on any atom is 0.256 e. The Morgan fingerprint density at radius 1 is 1.04 bits per heavy atom. The molecule has 0 fully saturated rings. The minimum absolute atomic E-state index is 0.0230. The van der Waals surface area contributed by atoms with Crippen LogP contribution in [-0.2, 0) is 0 Å². The van der Waals surface area contributed by atoms with Gasteiger partial charge in [0.1, 0.15) is 17.4 Å². The number of nitriles is 2. The summed E-state index contributed by atoms with van der Waals surface area (Å²) < 4.78 is 5.69. The SMILES string of the molecule is N#CC1=C(N)Oc2c(c(=O)[nH]c3ccccc23)C1c1ccc(C#N)cc1. The number of nitrogens with one attached hydrogen (secondary N) is 1. The number of nitrogens with zero attached hydrogens (tertiary/aromatic N) is 2. The average Bonchev–Trinajstić information content (AvgIpc) is 2.67. The predicted molar refractivity (Wildman–Crippen MR) is 95.0 cm³/mol. The van der Waals surface area contributed by atoms with Gasteiger partial charge in [0, 0.05) is 5.39 Å². The summed E-state index contributed by atoms with van der Waals surface area (Å²) in [5.41, 5.74) is 7.97. The Morgan fingerprint density at radius 2 is 1.77 bits per heavy atom. The molecule has 6 heteroatoms. The van der Waals surface area contributed by atoms with E-state index in [4.69, 9.17) is 15.7 Å². The number of hydrogen-bond acceptors (Lipinski definition) is 5. The summed E-state index contributed by atoms with van der Waals surface area (Å²) in [5, 5.41) is 19.3. The summed E-state index contributed by atoms with van der Waals surface area (Å²) in [4.78, 5) is 15.6. The van der Waals surface area contributed by atoms with Crippen LogP contribution in [0.5, 0.6) is 5.75 Å². The third kappa shape index (κ3) is 2.21. The maximum absolute atomic E-state index is 12.8. The van der Waals surface area contributed by atoms with Gasteiger partial charge in [-0.15, -0.1) is 0 Å². The first-order valence-electron chi connectivity index (χ1n) is 7.86. The van der Waals surface area contributed by atoms with Gasteiger partial charge in [-0.1, -0.05) is 24.3 Å². The lowest BCUT2D eigenvalue weighted by Crippen LogP contribution is -2.27. The largest absolute Gasteiger partial charge is 0.439 e. The molecule has 0 spiro atoms. The second kappa shape index (κ2) is 5.80. The molecule has 1 unspecified atom stereocenters. The molecule has 26 heavy (non-hydrogen) atoms. The van der Waals surface area contributed by atoms with Crippen LogP contribution in [0.4, 0.5) is 0 Å². The third-order valence-electron chi connectivity index (χ3n) is 4.46. The molecule has 0 saturated heterocycles. The van der Waals surface area contributed by atoms with Crippen LogP contribution in [0.2, 0.25) is 0 Å². The molecule has 0 radical (unpaired) electrons. The molecular formula is C20H12N4O2. The number of para-hydroxylation sites is 1. The lowest BCUT2D eigenvalue weighted by molar-refractivity contribution is 0.397. The highest BCUT2D eigenvalue weighted by Crippen LogP contribution is 2.42. The lowest BCUT2D eigenvalue weighted by atomic mass is 9.83. The standard InChI is InChI=1S/C20H12N4O2/c21-9-11-5-7-12(8-6-11)16-14(10-22)19(23)26-18-13-3-1-2-4-15(13)24-20(25)17(16)18/h1-8,16H,23H2,(H,24,25). The van der Waals surface area contributed by atoms with E-state index >= 15 is 0 Å². The minimum atomic E-state index is -0.662. The number of allylic oxidation sites excluding steroid dienone is 1. The first-order chi connectivity index (χ1) is 12.6. The lowest BCUT2D eigenvalue weighted by Gasteiger charge is -2.26. The molecule has 0 bridgehead atoms. The van der Waals surface area contributed by atoms with Crippen molar-refractivity contribution in [1.29, 1.82) is 10.5 Å². The van der Waals surface area contributed by atoms with Gasteiger partial charge in [0.15, 0.2) is 0 Å². The zero-order valence-electron chi connectivity index (χ0n) is 13.5. The van der Waals surface area contributed by atoms with Gasteiger partial charge in [-0.05, 0) is 29.8 Å². The molecule has 2 heterocycles. The van der Waals surface area contributed by atoms with Crippen LogP contribution in [-0.4, -0.2) is 4.98 Å². The Balaban J connectivity index is 2.05. The number of aromatic amines is 1. The topological polar surface area (TPSA) is 116 Å². The van der Waals surface area contributed by atoms with Crippen molar-refractivity contribution >= 4 is 10.9 Å². The Hall–Kier alpha value is -4.03. The summed E-state index contributed by atoms with van der Waals surface area (Å²) in [6.45, 7) is 0. The normalized spacial score (nSPS) is 15.7. The van der Waals surface area contributed by atoms with Crippen LogP contribution in [0.25, 0.3) is 10.9 Å². The fraction of sp³-hybridized carbons (Fsp3) is 0.0500. The summed E-state index contributed by atoms with van der Waals surface area (Å²) in [7, 11) is 0. The molecule has 3 aromatic rings. The van der Waals surface area contributed by atoms with Crippen LogP contribution in [0.1, 0.15) is 22.6 Å². The van der Waals surface area contributed by atoms with Crippen molar-refractivity contribution in [3.63, 3.8) is 0 Å². The van der Waals surface area contributed by atoms with Crippen LogP contribution in [0.15, 0.2) is 64.8 Å². The average molecular weight is 340 g/mol. The van der Waals surface area contributed by atoms with Gasteiger partial charge < -0.3 is 15.5 Å². The van der Waals surface area contributed by atoms with E-state index in [9.17, 15) is 10.1 Å². The third-order valence-corrected chi connectivity index (χ3v) is 4.46. The Bertz CT molecular complexity index is 1210. The van der Waals surface area contributed by atoms with E-state index in [0.717, 1.165) is 0 Å². The molecule has 124 valence electrons. The first-order valence-corrected chi connectivity index (χ1v) is 7.86. The van der Waals surface area contributed by atoms with E-state index in [0.29, 0.717) is 33.3 Å². The van der Waals surface area contributed by atoms with Gasteiger partial charge in [0.2, 0.25) is 5.88 Å². The highest BCUT2D eigenvalue weighted by Gasteiger charge is 2.34. The number of nitrogens with two attached hydrogens (primary N) is 1. The Kier molecular flexibility index (Phi) is 3.46. The zero-order valence-corrected chi connectivity index (χ0v) is 13.5. The van der Waals surface area contributed by atoms with Crippen LogP contribution in [0.3, 0.4) is 0 Å². The second-order valence-electron chi connectivity index (χ2n) is 5.90. The van der Waals surface area contributed by atoms with Gasteiger partial charge in [-0.2, -0.15) is 10.5 Å². The number of pyridine rings is 1. The molecule has 6 nitrogen and oxygen atoms in total. The van der Waals surface area contributed by atoms with Crippen molar-refractivity contribution < 1.29 is 4.74 Å². The molecule has 1 aliphatic heterocycles. The van der Waals surface area contributed by atoms with Crippen molar-refractivity contribution in [3.05, 3.63) is 87.0 Å². The van der Waals surface area contributed by atoms with Crippen LogP contribution in [0, 0.1) is 22.7 Å².